The van der Waals surface area contributed by atoms with Crippen LogP contribution in [0.1, 0.15) is 36.2 Å². The van der Waals surface area contributed by atoms with Crippen LogP contribution in [0.25, 0.3) is 0 Å². The highest BCUT2D eigenvalue weighted by atomic mass is 33.1. The van der Waals surface area contributed by atoms with Crippen molar-refractivity contribution in [1.29, 1.82) is 0 Å². The Morgan fingerprint density at radius 1 is 1.12 bits per heavy atom. The first-order valence-electron chi connectivity index (χ1n) is 8.10. The quantitative estimate of drug-likeness (QED) is 0.326. The minimum absolute atomic E-state index is 0.129. The van der Waals surface area contributed by atoms with Gasteiger partial charge in [0.2, 0.25) is 0 Å². The summed E-state index contributed by atoms with van der Waals surface area (Å²) < 4.78 is 7.80. The van der Waals surface area contributed by atoms with Gasteiger partial charge in [0.05, 0.1) is 0 Å². The third-order valence-electron chi connectivity index (χ3n) is 3.11. The first-order chi connectivity index (χ1) is 12.0. The average Bonchev–Trinajstić information content (AvgIpc) is 2.59. The second-order valence-corrected chi connectivity index (χ2v) is 8.96. The van der Waals surface area contributed by atoms with E-state index in [1.165, 1.54) is 18.4 Å². The Bertz CT molecular complexity index is 524. The lowest BCUT2D eigenvalue weighted by Crippen LogP contribution is -2.24. The topological polar surface area (TPSA) is 67.4 Å². The summed E-state index contributed by atoms with van der Waals surface area (Å²) in [5.41, 5.74) is 1.50. The van der Waals surface area contributed by atoms with Gasteiger partial charge in [-0.3, -0.25) is 9.52 Å². The maximum absolute atomic E-state index is 11.6. The molecule has 0 aliphatic heterocycles. The van der Waals surface area contributed by atoms with Gasteiger partial charge in [-0.2, -0.15) is 0 Å². The van der Waals surface area contributed by atoms with E-state index in [0.29, 0.717) is 18.7 Å². The summed E-state index contributed by atoms with van der Waals surface area (Å²) in [5.74, 6) is 2.51. The van der Waals surface area contributed by atoms with E-state index in [4.69, 9.17) is 4.74 Å². The number of rotatable bonds is 11. The molecule has 1 aromatic rings. The van der Waals surface area contributed by atoms with E-state index < -0.39 is 6.09 Å². The van der Waals surface area contributed by atoms with Crippen molar-refractivity contribution in [3.8, 4) is 0 Å². The number of benzene rings is 1. The second kappa shape index (κ2) is 13.2. The highest BCUT2D eigenvalue weighted by molar-refractivity contribution is 8.76. The van der Waals surface area contributed by atoms with Crippen LogP contribution in [0.15, 0.2) is 24.3 Å². The summed E-state index contributed by atoms with van der Waals surface area (Å²) in [4.78, 5) is 23.3. The van der Waals surface area contributed by atoms with Crippen molar-refractivity contribution in [2.75, 3.05) is 24.4 Å². The van der Waals surface area contributed by atoms with Crippen LogP contribution < -0.4 is 10.0 Å². The molecule has 2 amide bonds. The molecule has 1 aromatic carbocycles. The van der Waals surface area contributed by atoms with Gasteiger partial charge in [-0.1, -0.05) is 59.5 Å². The van der Waals surface area contributed by atoms with E-state index in [1.807, 2.05) is 22.9 Å². The molecular weight excluding hydrogens is 376 g/mol. The van der Waals surface area contributed by atoms with Crippen molar-refractivity contribution in [2.45, 2.75) is 26.8 Å². The molecule has 1 rings (SSSR count). The number of hydrogen-bond donors (Lipinski definition) is 2. The van der Waals surface area contributed by atoms with Gasteiger partial charge in [0, 0.05) is 29.9 Å². The van der Waals surface area contributed by atoms with Crippen molar-refractivity contribution in [3.63, 3.8) is 0 Å². The molecule has 0 aromatic heterocycles. The van der Waals surface area contributed by atoms with E-state index in [-0.39, 0.29) is 5.91 Å². The Morgan fingerprint density at radius 2 is 1.80 bits per heavy atom. The fraction of sp³-hybridized carbons (Fsp3) is 0.529. The summed E-state index contributed by atoms with van der Waals surface area (Å²) in [7, 11) is 3.55. The predicted molar refractivity (Wildman–Crippen MR) is 110 cm³/mol. The van der Waals surface area contributed by atoms with Gasteiger partial charge in [0.15, 0.2) is 0 Å². The van der Waals surface area contributed by atoms with E-state index in [2.05, 4.69) is 23.9 Å². The first kappa shape index (κ1) is 22.1. The van der Waals surface area contributed by atoms with Crippen molar-refractivity contribution in [3.05, 3.63) is 35.4 Å². The van der Waals surface area contributed by atoms with Gasteiger partial charge >= 0.3 is 6.09 Å². The van der Waals surface area contributed by atoms with Crippen LogP contribution in [0.3, 0.4) is 0 Å². The van der Waals surface area contributed by atoms with Gasteiger partial charge in [-0.25, -0.2) is 4.79 Å². The normalized spacial score (nSPS) is 10.6. The molecule has 0 atom stereocenters. The molecule has 25 heavy (non-hydrogen) atoms. The molecule has 0 saturated carbocycles. The van der Waals surface area contributed by atoms with Crippen molar-refractivity contribution in [2.24, 2.45) is 5.92 Å². The zero-order chi connectivity index (χ0) is 18.5. The Hall–Kier alpha value is -0.990. The molecule has 0 radical (unpaired) electrons. The molecule has 0 aliphatic carbocycles. The lowest BCUT2D eigenvalue weighted by molar-refractivity contribution is 0.0984. The number of amides is 2. The molecule has 0 heterocycles. The van der Waals surface area contributed by atoms with Crippen LogP contribution in [0.4, 0.5) is 4.79 Å². The summed E-state index contributed by atoms with van der Waals surface area (Å²) in [6.45, 7) is 5.20. The van der Waals surface area contributed by atoms with Crippen LogP contribution in [-0.2, 0) is 11.3 Å². The van der Waals surface area contributed by atoms with Crippen LogP contribution in [-0.4, -0.2) is 36.4 Å². The SMILES string of the molecule is CSNC(=O)c1ccc(CNC(=O)OCCSSCCC(C)C)cc1. The van der Waals surface area contributed by atoms with Gasteiger partial charge in [0.1, 0.15) is 6.61 Å². The zero-order valence-corrected chi connectivity index (χ0v) is 17.3. The highest BCUT2D eigenvalue weighted by Crippen LogP contribution is 2.23. The van der Waals surface area contributed by atoms with Crippen LogP contribution >= 0.6 is 33.5 Å². The Kier molecular flexibility index (Phi) is 11.7. The molecule has 5 nitrogen and oxygen atoms in total. The summed E-state index contributed by atoms with van der Waals surface area (Å²) in [6.07, 6.45) is 2.58. The Labute approximate surface area is 162 Å². The van der Waals surface area contributed by atoms with E-state index in [1.54, 1.807) is 29.2 Å². The predicted octanol–water partition coefficient (Wildman–Crippen LogP) is 4.35. The van der Waals surface area contributed by atoms with Crippen molar-refractivity contribution >= 4 is 45.5 Å². The molecule has 0 unspecified atom stereocenters. The lowest BCUT2D eigenvalue weighted by Gasteiger charge is -2.08. The van der Waals surface area contributed by atoms with Crippen LogP contribution in [0, 0.1) is 5.92 Å². The first-order valence-corrected chi connectivity index (χ1v) is 11.8. The number of hydrogen-bond acceptors (Lipinski definition) is 6. The molecule has 0 saturated heterocycles. The van der Waals surface area contributed by atoms with Gasteiger partial charge in [-0.05, 0) is 30.0 Å². The third kappa shape index (κ3) is 10.6. The molecule has 0 fully saturated rings. The Morgan fingerprint density at radius 3 is 2.44 bits per heavy atom. The molecule has 0 spiro atoms. The number of alkyl carbamates (subject to hydrolysis) is 1. The molecule has 0 aliphatic rings. The number of ether oxygens (including phenoxy) is 1. The summed E-state index contributed by atoms with van der Waals surface area (Å²) >= 11 is 1.26. The van der Waals surface area contributed by atoms with E-state index in [9.17, 15) is 9.59 Å². The largest absolute Gasteiger partial charge is 0.449 e. The molecule has 2 N–H and O–H groups in total. The maximum atomic E-state index is 11.6. The number of carbonyl (C=O) groups excluding carboxylic acids is 2. The monoisotopic (exact) mass is 402 g/mol. The molecule has 140 valence electrons. The van der Waals surface area contributed by atoms with Gasteiger partial charge in [0.25, 0.3) is 5.91 Å². The fourth-order valence-corrected chi connectivity index (χ4v) is 4.18. The van der Waals surface area contributed by atoms with E-state index >= 15 is 0 Å². The van der Waals surface area contributed by atoms with Crippen LogP contribution in [0.2, 0.25) is 0 Å². The number of nitrogens with one attached hydrogen (secondary N) is 2. The lowest BCUT2D eigenvalue weighted by atomic mass is 10.1. The standard InChI is InChI=1S/C17H26N2O3S3/c1-13(2)8-10-24-25-11-9-22-17(21)18-12-14-4-6-15(7-5-14)16(20)19-23-3/h4-7,13H,8-12H2,1-3H3,(H,18,21)(H,19,20). The average molecular weight is 403 g/mol. The highest BCUT2D eigenvalue weighted by Gasteiger charge is 2.05. The fourth-order valence-electron chi connectivity index (χ4n) is 1.72. The maximum Gasteiger partial charge on any atom is 0.407 e. The third-order valence-corrected chi connectivity index (χ3v) is 5.90. The minimum Gasteiger partial charge on any atom is -0.449 e. The molecule has 0 bridgehead atoms. The summed E-state index contributed by atoms with van der Waals surface area (Å²) in [6, 6.07) is 7.10. The van der Waals surface area contributed by atoms with Crippen molar-refractivity contribution < 1.29 is 14.3 Å². The second-order valence-electron chi connectivity index (χ2n) is 5.65. The minimum atomic E-state index is -0.419. The van der Waals surface area contributed by atoms with Crippen molar-refractivity contribution in [1.82, 2.24) is 10.0 Å². The smallest absolute Gasteiger partial charge is 0.407 e. The molecule has 8 heteroatoms. The van der Waals surface area contributed by atoms with E-state index in [0.717, 1.165) is 23.0 Å². The zero-order valence-electron chi connectivity index (χ0n) is 14.9. The number of carbonyl (C=O) groups is 2. The summed E-state index contributed by atoms with van der Waals surface area (Å²) in [5, 5.41) is 2.71. The molecular formula is C17H26N2O3S3. The van der Waals surface area contributed by atoms with Gasteiger partial charge < -0.3 is 10.1 Å². The van der Waals surface area contributed by atoms with Crippen LogP contribution in [0.5, 0.6) is 0 Å². The van der Waals surface area contributed by atoms with Gasteiger partial charge in [-0.15, -0.1) is 0 Å². The Balaban J connectivity index is 2.14.